The van der Waals surface area contributed by atoms with Crippen LogP contribution in [0.5, 0.6) is 5.75 Å². The summed E-state index contributed by atoms with van der Waals surface area (Å²) in [6.45, 7) is 2.25. The number of benzene rings is 2. The Labute approximate surface area is 132 Å². The van der Waals surface area contributed by atoms with Gasteiger partial charge < -0.3 is 5.11 Å². The van der Waals surface area contributed by atoms with Gasteiger partial charge in [-0.15, -0.1) is 0 Å². The number of fused-ring (bicyclic) bond motifs is 3. The number of rotatable bonds is 2. The van der Waals surface area contributed by atoms with Crippen molar-refractivity contribution in [2.75, 3.05) is 6.54 Å². The summed E-state index contributed by atoms with van der Waals surface area (Å²) < 4.78 is 0. The van der Waals surface area contributed by atoms with E-state index < -0.39 is 0 Å². The van der Waals surface area contributed by atoms with Crippen LogP contribution in [0.25, 0.3) is 0 Å². The number of likely N-dealkylation sites (tertiary alicyclic amines) is 1. The molecule has 0 spiro atoms. The van der Waals surface area contributed by atoms with Crippen molar-refractivity contribution in [3.05, 3.63) is 65.2 Å². The molecular weight excluding hydrogens is 270 g/mol. The maximum Gasteiger partial charge on any atom is 0.119 e. The lowest BCUT2D eigenvalue weighted by molar-refractivity contribution is 0.104. The van der Waals surface area contributed by atoms with Crippen molar-refractivity contribution < 1.29 is 5.11 Å². The Balaban J connectivity index is 1.61. The first-order valence-electron chi connectivity index (χ1n) is 8.41. The van der Waals surface area contributed by atoms with Crippen molar-refractivity contribution in [3.8, 4) is 5.75 Å². The highest BCUT2D eigenvalue weighted by Gasteiger charge is 2.36. The lowest BCUT2D eigenvalue weighted by Gasteiger charge is -2.45. The van der Waals surface area contributed by atoms with Gasteiger partial charge in [0.2, 0.25) is 0 Å². The molecule has 114 valence electrons. The number of phenols is 1. The first kappa shape index (κ1) is 13.8. The summed E-state index contributed by atoms with van der Waals surface area (Å²) in [6, 6.07) is 17.5. The Kier molecular flexibility index (Phi) is 3.63. The normalized spacial score (nSPS) is 24.5. The Morgan fingerprint density at radius 1 is 1.00 bits per heavy atom. The number of hydrogen-bond donors (Lipinski definition) is 1. The van der Waals surface area contributed by atoms with Gasteiger partial charge in [-0.05, 0) is 60.9 Å². The van der Waals surface area contributed by atoms with Crippen molar-refractivity contribution in [2.24, 2.45) is 0 Å². The number of piperidine rings is 1. The molecule has 0 radical (unpaired) electrons. The van der Waals surface area contributed by atoms with E-state index in [0.717, 1.165) is 13.0 Å². The van der Waals surface area contributed by atoms with Crippen LogP contribution in [0.4, 0.5) is 0 Å². The fraction of sp³-hybridized carbons (Fsp3) is 0.400. The zero-order chi connectivity index (χ0) is 14.9. The second-order valence-electron chi connectivity index (χ2n) is 6.66. The van der Waals surface area contributed by atoms with Gasteiger partial charge in [0.25, 0.3) is 0 Å². The monoisotopic (exact) mass is 293 g/mol. The Morgan fingerprint density at radius 2 is 1.86 bits per heavy atom. The first-order chi connectivity index (χ1) is 10.8. The minimum Gasteiger partial charge on any atom is -0.508 e. The first-order valence-corrected chi connectivity index (χ1v) is 8.41. The van der Waals surface area contributed by atoms with E-state index in [-0.39, 0.29) is 0 Å². The third-order valence-corrected chi connectivity index (χ3v) is 5.40. The molecule has 1 heterocycles. The second-order valence-corrected chi connectivity index (χ2v) is 6.66. The molecule has 1 aliphatic heterocycles. The van der Waals surface area contributed by atoms with Crippen LogP contribution < -0.4 is 0 Å². The largest absolute Gasteiger partial charge is 0.508 e. The quantitative estimate of drug-likeness (QED) is 0.901. The molecule has 2 aromatic rings. The highest BCUT2D eigenvalue weighted by atomic mass is 16.3. The van der Waals surface area contributed by atoms with Gasteiger partial charge in [-0.2, -0.15) is 0 Å². The molecule has 0 amide bonds. The molecule has 0 aromatic heterocycles. The average Bonchev–Trinajstić information content (AvgIpc) is 2.56. The highest BCUT2D eigenvalue weighted by Crippen LogP contribution is 2.43. The second kappa shape index (κ2) is 5.77. The molecule has 22 heavy (non-hydrogen) atoms. The van der Waals surface area contributed by atoms with Crippen LogP contribution in [0.1, 0.15) is 41.9 Å². The van der Waals surface area contributed by atoms with Gasteiger partial charge in [0.1, 0.15) is 5.75 Å². The van der Waals surface area contributed by atoms with Gasteiger partial charge in [-0.25, -0.2) is 0 Å². The highest BCUT2D eigenvalue weighted by molar-refractivity contribution is 5.44. The van der Waals surface area contributed by atoms with Crippen LogP contribution in [0.15, 0.2) is 48.5 Å². The summed E-state index contributed by atoms with van der Waals surface area (Å²) in [4.78, 5) is 2.66. The van der Waals surface area contributed by atoms with Gasteiger partial charge in [-0.1, -0.05) is 42.5 Å². The predicted octanol–water partition coefficient (Wildman–Crippen LogP) is 4.09. The predicted molar refractivity (Wildman–Crippen MR) is 89.0 cm³/mol. The molecule has 2 nitrogen and oxygen atoms in total. The molecule has 0 bridgehead atoms. The Bertz CT molecular complexity index is 652. The minimum absolute atomic E-state index is 0.496. The molecule has 1 aliphatic carbocycles. The van der Waals surface area contributed by atoms with Crippen molar-refractivity contribution >= 4 is 0 Å². The fourth-order valence-corrected chi connectivity index (χ4v) is 4.39. The smallest absolute Gasteiger partial charge is 0.119 e. The molecule has 2 heteroatoms. The molecular formula is C20H23NO. The third kappa shape index (κ3) is 2.42. The fourth-order valence-electron chi connectivity index (χ4n) is 4.39. The summed E-state index contributed by atoms with van der Waals surface area (Å²) in [5.74, 6) is 1.09. The summed E-state index contributed by atoms with van der Waals surface area (Å²) in [6.07, 6.45) is 4.69. The van der Waals surface area contributed by atoms with Gasteiger partial charge in [0, 0.05) is 12.6 Å². The van der Waals surface area contributed by atoms with Crippen LogP contribution in [0.2, 0.25) is 0 Å². The molecule has 1 saturated heterocycles. The van der Waals surface area contributed by atoms with E-state index >= 15 is 0 Å². The maximum absolute atomic E-state index is 10.1. The zero-order valence-corrected chi connectivity index (χ0v) is 12.9. The van der Waals surface area contributed by atoms with Crippen LogP contribution in [0, 0.1) is 0 Å². The minimum atomic E-state index is 0.496. The molecule has 2 aromatic carbocycles. The molecule has 0 saturated carbocycles. The van der Waals surface area contributed by atoms with Crippen LogP contribution in [-0.4, -0.2) is 22.6 Å². The van der Waals surface area contributed by atoms with Crippen molar-refractivity contribution in [1.82, 2.24) is 4.90 Å². The van der Waals surface area contributed by atoms with E-state index in [1.807, 2.05) is 12.1 Å². The van der Waals surface area contributed by atoms with Crippen molar-refractivity contribution in [1.29, 1.82) is 0 Å². The summed E-state index contributed by atoms with van der Waals surface area (Å²) in [7, 11) is 0. The maximum atomic E-state index is 10.1. The molecule has 0 unspecified atom stereocenters. The van der Waals surface area contributed by atoms with E-state index in [1.54, 1.807) is 0 Å². The average molecular weight is 293 g/mol. The zero-order valence-electron chi connectivity index (χ0n) is 12.9. The molecule has 4 rings (SSSR count). The van der Waals surface area contributed by atoms with Crippen LogP contribution in [0.3, 0.4) is 0 Å². The number of phenolic OH excluding ortho intramolecular Hbond substituents is 1. The molecule has 2 atom stereocenters. The van der Waals surface area contributed by atoms with E-state index in [2.05, 4.69) is 41.3 Å². The van der Waals surface area contributed by atoms with E-state index in [4.69, 9.17) is 0 Å². The van der Waals surface area contributed by atoms with E-state index in [1.165, 1.54) is 42.5 Å². The lowest BCUT2D eigenvalue weighted by atomic mass is 9.74. The van der Waals surface area contributed by atoms with Gasteiger partial charge in [0.05, 0.1) is 0 Å². The Morgan fingerprint density at radius 3 is 2.73 bits per heavy atom. The van der Waals surface area contributed by atoms with Gasteiger partial charge in [-0.3, -0.25) is 4.90 Å². The van der Waals surface area contributed by atoms with Crippen LogP contribution >= 0.6 is 0 Å². The number of hydrogen-bond acceptors (Lipinski definition) is 2. The van der Waals surface area contributed by atoms with Crippen LogP contribution in [-0.2, 0) is 13.0 Å². The topological polar surface area (TPSA) is 23.5 Å². The Hall–Kier alpha value is -1.80. The summed E-state index contributed by atoms with van der Waals surface area (Å²) in [5.41, 5.74) is 4.00. The molecule has 1 N–H and O–H groups in total. The molecule has 2 aliphatic rings. The third-order valence-electron chi connectivity index (χ3n) is 5.40. The lowest BCUT2D eigenvalue weighted by Crippen LogP contribution is -2.45. The SMILES string of the molecule is Oc1cccc2c1CC[C@H]1[C@H]2CCCN1Cc1ccccc1. The summed E-state index contributed by atoms with van der Waals surface area (Å²) in [5, 5.41) is 10.1. The molecule has 1 fully saturated rings. The summed E-state index contributed by atoms with van der Waals surface area (Å²) >= 11 is 0. The number of aromatic hydroxyl groups is 1. The van der Waals surface area contributed by atoms with Gasteiger partial charge in [0.15, 0.2) is 0 Å². The van der Waals surface area contributed by atoms with Crippen molar-refractivity contribution in [3.63, 3.8) is 0 Å². The van der Waals surface area contributed by atoms with Gasteiger partial charge >= 0.3 is 0 Å². The van der Waals surface area contributed by atoms with Crippen molar-refractivity contribution in [2.45, 2.75) is 44.2 Å². The van der Waals surface area contributed by atoms with E-state index in [0.29, 0.717) is 17.7 Å². The van der Waals surface area contributed by atoms with E-state index in [9.17, 15) is 5.11 Å². The number of nitrogens with zero attached hydrogens (tertiary/aromatic N) is 1. The standard InChI is InChI=1S/C20H23NO/c22-20-10-4-8-16-17-9-5-13-21(19(17)12-11-18(16)20)14-15-6-2-1-3-7-15/h1-4,6-8,10,17,19,22H,5,9,11-14H2/t17-,19-/m0/s1.